The summed E-state index contributed by atoms with van der Waals surface area (Å²) in [5, 5.41) is 11.8. The van der Waals surface area contributed by atoms with Crippen LogP contribution in [0.3, 0.4) is 0 Å². The second kappa shape index (κ2) is 8.62. The van der Waals surface area contributed by atoms with Gasteiger partial charge in [0.05, 0.1) is 18.1 Å². The molecule has 0 bridgehead atoms. The van der Waals surface area contributed by atoms with Gasteiger partial charge in [0.25, 0.3) is 0 Å². The summed E-state index contributed by atoms with van der Waals surface area (Å²) in [4.78, 5) is 18.5. The monoisotopic (exact) mass is 498 g/mol. The highest BCUT2D eigenvalue weighted by Gasteiger charge is 2.25. The summed E-state index contributed by atoms with van der Waals surface area (Å²) in [6.07, 6.45) is 5.33. The van der Waals surface area contributed by atoms with Gasteiger partial charge >= 0.3 is 6.09 Å². The van der Waals surface area contributed by atoms with Crippen LogP contribution in [0.25, 0.3) is 0 Å². The molecule has 3 heterocycles. The van der Waals surface area contributed by atoms with E-state index in [0.29, 0.717) is 6.54 Å². The number of anilines is 1. The van der Waals surface area contributed by atoms with Crippen LogP contribution in [-0.4, -0.2) is 50.6 Å². The number of carbonyl (C=O) groups excluding carboxylic acids is 1. The van der Waals surface area contributed by atoms with Crippen molar-refractivity contribution in [2.24, 2.45) is 0 Å². The molecule has 0 saturated carbocycles. The highest BCUT2D eigenvalue weighted by Crippen LogP contribution is 2.21. The van der Waals surface area contributed by atoms with Crippen LogP contribution in [0.15, 0.2) is 24.7 Å². The van der Waals surface area contributed by atoms with Crippen molar-refractivity contribution in [1.29, 1.82) is 0 Å². The number of amides is 1. The molecule has 28 heavy (non-hydrogen) atoms. The highest BCUT2D eigenvalue weighted by molar-refractivity contribution is 14.1. The third kappa shape index (κ3) is 5.55. The van der Waals surface area contributed by atoms with Gasteiger partial charge in [0.15, 0.2) is 5.82 Å². The Morgan fingerprint density at radius 3 is 2.75 bits per heavy atom. The van der Waals surface area contributed by atoms with Crippen LogP contribution in [0.1, 0.15) is 52.3 Å². The zero-order valence-electron chi connectivity index (χ0n) is 16.7. The van der Waals surface area contributed by atoms with Gasteiger partial charge in [-0.2, -0.15) is 5.10 Å². The number of hydrogen-bond acceptors (Lipinski definition) is 6. The maximum atomic E-state index is 12.0. The van der Waals surface area contributed by atoms with E-state index in [-0.39, 0.29) is 18.2 Å². The van der Waals surface area contributed by atoms with Gasteiger partial charge < -0.3 is 19.5 Å². The van der Waals surface area contributed by atoms with Crippen molar-refractivity contribution in [3.63, 3.8) is 0 Å². The zero-order chi connectivity index (χ0) is 20.3. The summed E-state index contributed by atoms with van der Waals surface area (Å²) in [5.74, 6) is 0.826. The van der Waals surface area contributed by atoms with E-state index in [4.69, 9.17) is 4.74 Å². The molecule has 2 atom stereocenters. The maximum Gasteiger partial charge on any atom is 0.407 e. The molecular formula is C19H27IN6O2. The molecule has 1 unspecified atom stereocenters. The van der Waals surface area contributed by atoms with E-state index >= 15 is 0 Å². The van der Waals surface area contributed by atoms with Crippen LogP contribution in [0, 0.1) is 3.70 Å². The summed E-state index contributed by atoms with van der Waals surface area (Å²) in [5.41, 5.74) is 0.391. The Morgan fingerprint density at radius 2 is 2.14 bits per heavy atom. The van der Waals surface area contributed by atoms with Gasteiger partial charge in [0.1, 0.15) is 9.30 Å². The number of imidazole rings is 1. The van der Waals surface area contributed by atoms with E-state index in [9.17, 15) is 4.79 Å². The first-order valence-electron chi connectivity index (χ1n) is 9.48. The van der Waals surface area contributed by atoms with Crippen molar-refractivity contribution in [2.45, 2.75) is 58.2 Å². The predicted molar refractivity (Wildman–Crippen MR) is 115 cm³/mol. The van der Waals surface area contributed by atoms with Crippen molar-refractivity contribution in [3.8, 4) is 0 Å². The number of halogens is 1. The van der Waals surface area contributed by atoms with Crippen molar-refractivity contribution < 1.29 is 9.53 Å². The van der Waals surface area contributed by atoms with E-state index in [1.54, 1.807) is 6.33 Å². The topological polar surface area (TPSA) is 85.2 Å². The van der Waals surface area contributed by atoms with Gasteiger partial charge in [-0.1, -0.05) is 0 Å². The minimum absolute atomic E-state index is 0.0389. The number of ether oxygens (including phenoxy) is 1. The molecule has 9 heteroatoms. The fourth-order valence-corrected chi connectivity index (χ4v) is 3.63. The van der Waals surface area contributed by atoms with Crippen molar-refractivity contribution in [2.75, 3.05) is 18.0 Å². The molecule has 1 saturated heterocycles. The standard InChI is InChI=1S/C19H27IN6O2/c1-13(26-11-16(20)21-12-26)15-7-8-17(24-23-15)25-9-5-6-14(10-25)22-18(27)28-19(2,3)4/h7-8,11-14H,5-6,9-10H2,1-4H3,(H,22,27)/t13?,14-/m1/s1. The van der Waals surface area contributed by atoms with E-state index < -0.39 is 5.60 Å². The van der Waals surface area contributed by atoms with Crippen molar-refractivity contribution >= 4 is 34.5 Å². The third-order valence-corrected chi connectivity index (χ3v) is 5.14. The molecule has 8 nitrogen and oxygen atoms in total. The molecular weight excluding hydrogens is 471 g/mol. The second-order valence-corrected chi connectivity index (χ2v) is 9.17. The molecule has 1 amide bonds. The van der Waals surface area contributed by atoms with Gasteiger partial charge in [0, 0.05) is 25.3 Å². The first kappa shape index (κ1) is 20.8. The Balaban J connectivity index is 1.61. The Kier molecular flexibility index (Phi) is 6.41. The Hall–Kier alpha value is -1.91. The number of alkyl carbamates (subject to hydrolysis) is 1. The normalized spacial score (nSPS) is 18.6. The Morgan fingerprint density at radius 1 is 1.36 bits per heavy atom. The molecule has 1 N–H and O–H groups in total. The number of nitrogens with one attached hydrogen (secondary N) is 1. The maximum absolute atomic E-state index is 12.0. The van der Waals surface area contributed by atoms with Crippen LogP contribution in [0.2, 0.25) is 0 Å². The van der Waals surface area contributed by atoms with Gasteiger partial charge in [0.2, 0.25) is 0 Å². The van der Waals surface area contributed by atoms with Crippen LogP contribution in [-0.2, 0) is 4.74 Å². The lowest BCUT2D eigenvalue weighted by Crippen LogP contribution is -2.49. The van der Waals surface area contributed by atoms with Crippen LogP contribution in [0.5, 0.6) is 0 Å². The summed E-state index contributed by atoms with van der Waals surface area (Å²) in [6, 6.07) is 4.11. The lowest BCUT2D eigenvalue weighted by atomic mass is 10.1. The molecule has 3 rings (SSSR count). The first-order chi connectivity index (χ1) is 13.2. The molecule has 1 aliphatic heterocycles. The number of carbonyl (C=O) groups is 1. The summed E-state index contributed by atoms with van der Waals surface area (Å²) in [6.45, 7) is 9.26. The van der Waals surface area contributed by atoms with Crippen LogP contribution in [0.4, 0.5) is 10.6 Å². The summed E-state index contributed by atoms with van der Waals surface area (Å²) in [7, 11) is 0. The van der Waals surface area contributed by atoms with E-state index in [0.717, 1.165) is 34.6 Å². The second-order valence-electron chi connectivity index (χ2n) is 8.07. The molecule has 0 aliphatic carbocycles. The molecule has 0 aromatic carbocycles. The summed E-state index contributed by atoms with van der Waals surface area (Å²) < 4.78 is 8.33. The SMILES string of the molecule is CC(c1ccc(N2CCC[C@@H](NC(=O)OC(C)(C)C)C2)nn1)n1cnc(I)c1. The smallest absolute Gasteiger partial charge is 0.407 e. The Bertz CT molecular complexity index is 802. The zero-order valence-corrected chi connectivity index (χ0v) is 18.9. The third-order valence-electron chi connectivity index (χ3n) is 4.58. The molecule has 1 aliphatic rings. The number of hydrogen-bond donors (Lipinski definition) is 1. The van der Waals surface area contributed by atoms with Gasteiger partial charge in [-0.3, -0.25) is 0 Å². The molecule has 2 aromatic rings. The average molecular weight is 498 g/mol. The molecule has 152 valence electrons. The van der Waals surface area contributed by atoms with Gasteiger partial charge in [-0.25, -0.2) is 9.78 Å². The quantitative estimate of drug-likeness (QED) is 0.651. The van der Waals surface area contributed by atoms with Crippen LogP contribution < -0.4 is 10.2 Å². The molecule has 0 spiro atoms. The minimum Gasteiger partial charge on any atom is -0.444 e. The lowest BCUT2D eigenvalue weighted by molar-refractivity contribution is 0.0500. The molecule has 0 radical (unpaired) electrons. The fraction of sp³-hybridized carbons (Fsp3) is 0.579. The van der Waals surface area contributed by atoms with Crippen molar-refractivity contribution in [1.82, 2.24) is 25.1 Å². The van der Waals surface area contributed by atoms with Crippen molar-refractivity contribution in [3.05, 3.63) is 34.1 Å². The summed E-state index contributed by atoms with van der Waals surface area (Å²) >= 11 is 2.19. The van der Waals surface area contributed by atoms with E-state index in [1.165, 1.54) is 0 Å². The Labute approximate surface area is 179 Å². The van der Waals surface area contributed by atoms with Gasteiger partial charge in [-0.15, -0.1) is 5.10 Å². The number of nitrogens with zero attached hydrogens (tertiary/aromatic N) is 5. The first-order valence-corrected chi connectivity index (χ1v) is 10.6. The fourth-order valence-electron chi connectivity index (χ4n) is 3.18. The van der Waals surface area contributed by atoms with Crippen LogP contribution >= 0.6 is 22.6 Å². The largest absolute Gasteiger partial charge is 0.444 e. The number of rotatable bonds is 4. The molecule has 2 aromatic heterocycles. The number of piperidine rings is 1. The van der Waals surface area contributed by atoms with Gasteiger partial charge in [-0.05, 0) is 75.3 Å². The number of aromatic nitrogens is 4. The highest BCUT2D eigenvalue weighted by atomic mass is 127. The predicted octanol–water partition coefficient (Wildman–Crippen LogP) is 3.38. The average Bonchev–Trinajstić information content (AvgIpc) is 3.06. The lowest BCUT2D eigenvalue weighted by Gasteiger charge is -2.34. The van der Waals surface area contributed by atoms with E-state index in [2.05, 4.69) is 54.9 Å². The molecule has 1 fully saturated rings. The van der Waals surface area contributed by atoms with E-state index in [1.807, 2.05) is 43.7 Å². The minimum atomic E-state index is -0.496.